The van der Waals surface area contributed by atoms with Gasteiger partial charge in [-0.1, -0.05) is 0 Å². The fourth-order valence-corrected chi connectivity index (χ4v) is 1.65. The molecule has 1 aliphatic rings. The molecule has 0 aromatic heterocycles. The fourth-order valence-electron chi connectivity index (χ4n) is 1.65. The Morgan fingerprint density at radius 1 is 1.70 bits per heavy atom. The van der Waals surface area contributed by atoms with Crippen molar-refractivity contribution in [1.82, 2.24) is 4.90 Å². The van der Waals surface area contributed by atoms with E-state index in [0.717, 1.165) is 6.54 Å². The predicted molar refractivity (Wildman–Crippen MR) is 40.4 cm³/mol. The summed E-state index contributed by atoms with van der Waals surface area (Å²) in [4.78, 5) is 2.29. The summed E-state index contributed by atoms with van der Waals surface area (Å²) in [6.07, 6.45) is 2.46. The van der Waals surface area contributed by atoms with Gasteiger partial charge in [0.2, 0.25) is 0 Å². The van der Waals surface area contributed by atoms with Crippen molar-refractivity contribution in [1.29, 1.82) is 5.26 Å². The van der Waals surface area contributed by atoms with Gasteiger partial charge in [-0.15, -0.1) is 0 Å². The Hall–Kier alpha value is -0.550. The molecule has 0 aromatic carbocycles. The highest BCUT2D eigenvalue weighted by Crippen LogP contribution is 2.21. The summed E-state index contributed by atoms with van der Waals surface area (Å²) in [6.45, 7) is 3.17. The number of likely N-dealkylation sites (tertiary alicyclic amines) is 1. The van der Waals surface area contributed by atoms with E-state index in [1.807, 2.05) is 6.92 Å². The first-order valence-electron chi connectivity index (χ1n) is 3.85. The quantitative estimate of drug-likeness (QED) is 0.545. The van der Waals surface area contributed by atoms with Crippen LogP contribution in [0.3, 0.4) is 0 Å². The molecule has 2 unspecified atom stereocenters. The van der Waals surface area contributed by atoms with Crippen molar-refractivity contribution < 1.29 is 0 Å². The van der Waals surface area contributed by atoms with Crippen LogP contribution in [0.4, 0.5) is 0 Å². The van der Waals surface area contributed by atoms with E-state index in [0.29, 0.717) is 6.04 Å². The molecule has 0 N–H and O–H groups in total. The van der Waals surface area contributed by atoms with E-state index < -0.39 is 0 Å². The molecule has 0 amide bonds. The van der Waals surface area contributed by atoms with Gasteiger partial charge in [0.05, 0.1) is 12.0 Å². The van der Waals surface area contributed by atoms with Crippen LogP contribution in [0.15, 0.2) is 0 Å². The average Bonchev–Trinajstić information content (AvgIpc) is 2.34. The van der Waals surface area contributed by atoms with E-state index in [-0.39, 0.29) is 5.92 Å². The molecule has 0 aliphatic carbocycles. The molecule has 0 spiro atoms. The highest BCUT2D eigenvalue weighted by atomic mass is 15.1. The Morgan fingerprint density at radius 3 is 2.80 bits per heavy atom. The Labute approximate surface area is 62.4 Å². The van der Waals surface area contributed by atoms with Gasteiger partial charge in [-0.3, -0.25) is 0 Å². The van der Waals surface area contributed by atoms with Gasteiger partial charge in [-0.2, -0.15) is 5.26 Å². The van der Waals surface area contributed by atoms with Gasteiger partial charge in [0.1, 0.15) is 0 Å². The maximum atomic E-state index is 8.64. The normalized spacial score (nSPS) is 29.9. The van der Waals surface area contributed by atoms with Gasteiger partial charge in [-0.25, -0.2) is 0 Å². The second-order valence-electron chi connectivity index (χ2n) is 3.11. The minimum absolute atomic E-state index is 0.201. The molecule has 1 heterocycles. The zero-order valence-electron chi connectivity index (χ0n) is 6.67. The lowest BCUT2D eigenvalue weighted by molar-refractivity contribution is 0.270. The van der Waals surface area contributed by atoms with Crippen molar-refractivity contribution >= 4 is 0 Å². The van der Waals surface area contributed by atoms with Crippen LogP contribution in [0.5, 0.6) is 0 Å². The number of nitriles is 1. The maximum absolute atomic E-state index is 8.64. The minimum atomic E-state index is 0.201. The van der Waals surface area contributed by atoms with E-state index in [1.54, 1.807) is 0 Å². The summed E-state index contributed by atoms with van der Waals surface area (Å²) >= 11 is 0. The Balaban J connectivity index is 2.48. The lowest BCUT2D eigenvalue weighted by Gasteiger charge is -2.20. The van der Waals surface area contributed by atoms with Crippen molar-refractivity contribution in [3.63, 3.8) is 0 Å². The molecule has 1 aliphatic heterocycles. The molecule has 1 rings (SSSR count). The Bertz CT molecular complexity index is 148. The highest BCUT2D eigenvalue weighted by Gasteiger charge is 2.25. The smallest absolute Gasteiger partial charge is 0.0669 e. The van der Waals surface area contributed by atoms with Crippen LogP contribution in [-0.4, -0.2) is 24.5 Å². The number of hydrogen-bond acceptors (Lipinski definition) is 2. The molecule has 0 radical (unpaired) electrons. The van der Waals surface area contributed by atoms with Gasteiger partial charge >= 0.3 is 0 Å². The van der Waals surface area contributed by atoms with Crippen molar-refractivity contribution in [2.45, 2.75) is 25.8 Å². The van der Waals surface area contributed by atoms with E-state index in [2.05, 4.69) is 18.0 Å². The standard InChI is InChI=1S/C8H14N2/c1-7(6-9)8-4-3-5-10(8)2/h7-8H,3-5H2,1-2H3. The summed E-state index contributed by atoms with van der Waals surface area (Å²) in [5, 5.41) is 8.64. The molecule has 10 heavy (non-hydrogen) atoms. The van der Waals surface area contributed by atoms with Gasteiger partial charge in [0, 0.05) is 6.04 Å². The molecule has 56 valence electrons. The molecular weight excluding hydrogens is 124 g/mol. The van der Waals surface area contributed by atoms with Gasteiger partial charge in [0.15, 0.2) is 0 Å². The second-order valence-corrected chi connectivity index (χ2v) is 3.11. The third-order valence-electron chi connectivity index (χ3n) is 2.36. The monoisotopic (exact) mass is 138 g/mol. The molecular formula is C8H14N2. The largest absolute Gasteiger partial charge is 0.302 e. The number of hydrogen-bond donors (Lipinski definition) is 0. The Morgan fingerprint density at radius 2 is 2.40 bits per heavy atom. The van der Waals surface area contributed by atoms with Crippen molar-refractivity contribution in [2.75, 3.05) is 13.6 Å². The van der Waals surface area contributed by atoms with Crippen molar-refractivity contribution in [3.8, 4) is 6.07 Å². The van der Waals surface area contributed by atoms with E-state index in [9.17, 15) is 0 Å². The van der Waals surface area contributed by atoms with Crippen LogP contribution < -0.4 is 0 Å². The topological polar surface area (TPSA) is 27.0 Å². The fraction of sp³-hybridized carbons (Fsp3) is 0.875. The number of rotatable bonds is 1. The highest BCUT2D eigenvalue weighted by molar-refractivity contribution is 4.92. The minimum Gasteiger partial charge on any atom is -0.302 e. The van der Waals surface area contributed by atoms with Crippen LogP contribution >= 0.6 is 0 Å². The summed E-state index contributed by atoms with van der Waals surface area (Å²) in [5.74, 6) is 0.201. The number of nitrogens with zero attached hydrogens (tertiary/aromatic N) is 2. The third-order valence-corrected chi connectivity index (χ3v) is 2.36. The summed E-state index contributed by atoms with van der Waals surface area (Å²) in [7, 11) is 2.10. The third kappa shape index (κ3) is 1.30. The zero-order chi connectivity index (χ0) is 7.56. The maximum Gasteiger partial charge on any atom is 0.0669 e. The predicted octanol–water partition coefficient (Wildman–Crippen LogP) is 1.24. The molecule has 0 aromatic rings. The van der Waals surface area contributed by atoms with E-state index >= 15 is 0 Å². The first-order chi connectivity index (χ1) is 4.75. The average molecular weight is 138 g/mol. The molecule has 0 bridgehead atoms. The van der Waals surface area contributed by atoms with Crippen LogP contribution in [0.25, 0.3) is 0 Å². The zero-order valence-corrected chi connectivity index (χ0v) is 6.67. The molecule has 2 atom stereocenters. The first-order valence-corrected chi connectivity index (χ1v) is 3.85. The van der Waals surface area contributed by atoms with Crippen LogP contribution in [0, 0.1) is 17.2 Å². The van der Waals surface area contributed by atoms with Crippen molar-refractivity contribution in [3.05, 3.63) is 0 Å². The molecule has 2 nitrogen and oxygen atoms in total. The lowest BCUT2D eigenvalue weighted by atomic mass is 10.0. The summed E-state index contributed by atoms with van der Waals surface area (Å²) < 4.78 is 0. The molecule has 2 heteroatoms. The van der Waals surface area contributed by atoms with Gasteiger partial charge in [-0.05, 0) is 33.4 Å². The van der Waals surface area contributed by atoms with Crippen LogP contribution in [0.1, 0.15) is 19.8 Å². The second kappa shape index (κ2) is 3.03. The first kappa shape index (κ1) is 7.56. The van der Waals surface area contributed by atoms with E-state index in [4.69, 9.17) is 5.26 Å². The SMILES string of the molecule is CC(C#N)C1CCCN1C. The van der Waals surface area contributed by atoms with Crippen LogP contribution in [0.2, 0.25) is 0 Å². The summed E-state index contributed by atoms with van der Waals surface area (Å²) in [6, 6.07) is 2.81. The summed E-state index contributed by atoms with van der Waals surface area (Å²) in [5.41, 5.74) is 0. The van der Waals surface area contributed by atoms with E-state index in [1.165, 1.54) is 12.8 Å². The molecule has 0 saturated carbocycles. The molecule has 1 fully saturated rings. The lowest BCUT2D eigenvalue weighted by Crippen LogP contribution is -2.30. The van der Waals surface area contributed by atoms with Gasteiger partial charge < -0.3 is 4.90 Å². The van der Waals surface area contributed by atoms with Crippen molar-refractivity contribution in [2.24, 2.45) is 5.92 Å². The molecule has 1 saturated heterocycles. The Kier molecular flexibility index (Phi) is 2.29. The van der Waals surface area contributed by atoms with Gasteiger partial charge in [0.25, 0.3) is 0 Å². The van der Waals surface area contributed by atoms with Crippen LogP contribution in [-0.2, 0) is 0 Å².